The van der Waals surface area contributed by atoms with Crippen molar-refractivity contribution >= 4 is 11.6 Å². The van der Waals surface area contributed by atoms with Crippen molar-refractivity contribution in [3.8, 4) is 16.9 Å². The van der Waals surface area contributed by atoms with Gasteiger partial charge in [0.05, 0.1) is 29.5 Å². The molecule has 1 aliphatic rings. The van der Waals surface area contributed by atoms with Gasteiger partial charge in [0.15, 0.2) is 0 Å². The number of rotatable bonds is 4. The van der Waals surface area contributed by atoms with Crippen molar-refractivity contribution in [2.24, 2.45) is 5.73 Å². The molecule has 0 aromatic carbocycles. The van der Waals surface area contributed by atoms with Gasteiger partial charge in [-0.2, -0.15) is 0 Å². The van der Waals surface area contributed by atoms with Crippen LogP contribution in [0.4, 0.5) is 5.69 Å². The van der Waals surface area contributed by atoms with Crippen molar-refractivity contribution in [1.29, 1.82) is 0 Å². The van der Waals surface area contributed by atoms with Crippen LogP contribution in [0, 0.1) is 6.92 Å². The Hall–Kier alpha value is -3.33. The average Bonchev–Trinajstić information content (AvgIpc) is 3.18. The summed E-state index contributed by atoms with van der Waals surface area (Å²) in [5.41, 5.74) is 9.62. The van der Waals surface area contributed by atoms with Crippen LogP contribution in [0.3, 0.4) is 0 Å². The quantitative estimate of drug-likeness (QED) is 0.718. The maximum absolute atomic E-state index is 11.3. The Labute approximate surface area is 162 Å². The molecular weight excluding hydrogens is 356 g/mol. The number of primary amides is 1. The molecule has 0 spiro atoms. The van der Waals surface area contributed by atoms with E-state index in [1.54, 1.807) is 29.9 Å². The second-order valence-corrected chi connectivity index (χ2v) is 6.94. The van der Waals surface area contributed by atoms with Crippen LogP contribution in [0.2, 0.25) is 0 Å². The summed E-state index contributed by atoms with van der Waals surface area (Å²) in [7, 11) is 2.14. The standard InChI is InChI=1S/C19H22N8O/c1-13-18(4-3-16(22-13)19(20)28)27-12-17(23-24-27)14-9-15(11-21-10-14)26-7-5-25(2)6-8-26/h3-4,9-12H,5-8H2,1-2H3,(H2,20,28). The number of carbonyl (C=O) groups excluding carboxylic acids is 1. The summed E-state index contributed by atoms with van der Waals surface area (Å²) in [5, 5.41) is 8.50. The molecule has 9 nitrogen and oxygen atoms in total. The van der Waals surface area contributed by atoms with E-state index in [0.29, 0.717) is 5.69 Å². The monoisotopic (exact) mass is 378 g/mol. The number of piperazine rings is 1. The van der Waals surface area contributed by atoms with E-state index in [9.17, 15) is 4.79 Å². The normalized spacial score (nSPS) is 15.0. The van der Waals surface area contributed by atoms with E-state index in [1.165, 1.54) is 0 Å². The molecule has 28 heavy (non-hydrogen) atoms. The highest BCUT2D eigenvalue weighted by molar-refractivity contribution is 5.90. The van der Waals surface area contributed by atoms with Gasteiger partial charge in [-0.15, -0.1) is 5.10 Å². The minimum Gasteiger partial charge on any atom is -0.368 e. The third-order valence-corrected chi connectivity index (χ3v) is 4.94. The number of likely N-dealkylation sites (N-methyl/N-ethyl adjacent to an activating group) is 1. The third-order valence-electron chi connectivity index (χ3n) is 4.94. The van der Waals surface area contributed by atoms with Gasteiger partial charge in [-0.25, -0.2) is 9.67 Å². The van der Waals surface area contributed by atoms with Crippen molar-refractivity contribution < 1.29 is 4.79 Å². The van der Waals surface area contributed by atoms with Crippen molar-refractivity contribution in [2.75, 3.05) is 38.1 Å². The number of anilines is 1. The van der Waals surface area contributed by atoms with Crippen molar-refractivity contribution in [1.82, 2.24) is 29.9 Å². The van der Waals surface area contributed by atoms with Crippen molar-refractivity contribution in [2.45, 2.75) is 6.92 Å². The number of aryl methyl sites for hydroxylation is 1. The molecule has 1 fully saturated rings. The van der Waals surface area contributed by atoms with E-state index in [4.69, 9.17) is 5.73 Å². The number of carbonyl (C=O) groups is 1. The number of pyridine rings is 2. The molecule has 0 saturated carbocycles. The average molecular weight is 378 g/mol. The molecule has 3 aromatic heterocycles. The fourth-order valence-electron chi connectivity index (χ4n) is 3.25. The van der Waals surface area contributed by atoms with Gasteiger partial charge >= 0.3 is 0 Å². The maximum Gasteiger partial charge on any atom is 0.267 e. The largest absolute Gasteiger partial charge is 0.368 e. The van der Waals surface area contributed by atoms with Crippen LogP contribution in [-0.2, 0) is 0 Å². The van der Waals surface area contributed by atoms with Crippen LogP contribution in [0.1, 0.15) is 16.2 Å². The van der Waals surface area contributed by atoms with Crippen LogP contribution in [-0.4, -0.2) is 69.0 Å². The molecule has 0 aliphatic carbocycles. The van der Waals surface area contributed by atoms with E-state index >= 15 is 0 Å². The first kappa shape index (κ1) is 18.1. The summed E-state index contributed by atoms with van der Waals surface area (Å²) in [6, 6.07) is 5.44. The molecule has 0 bridgehead atoms. The predicted molar refractivity (Wildman–Crippen MR) is 105 cm³/mol. The van der Waals surface area contributed by atoms with Gasteiger partial charge in [-0.3, -0.25) is 9.78 Å². The lowest BCUT2D eigenvalue weighted by Crippen LogP contribution is -2.44. The van der Waals surface area contributed by atoms with Gasteiger partial charge < -0.3 is 15.5 Å². The zero-order valence-electron chi connectivity index (χ0n) is 15.9. The molecule has 0 unspecified atom stereocenters. The summed E-state index contributed by atoms with van der Waals surface area (Å²) in [6.45, 7) is 5.83. The molecule has 1 aliphatic heterocycles. The molecule has 1 amide bonds. The zero-order valence-corrected chi connectivity index (χ0v) is 15.9. The topological polar surface area (TPSA) is 106 Å². The zero-order chi connectivity index (χ0) is 19.7. The predicted octanol–water partition coefficient (Wildman–Crippen LogP) is 0.883. The van der Waals surface area contributed by atoms with E-state index < -0.39 is 5.91 Å². The van der Waals surface area contributed by atoms with Crippen LogP contribution in [0.5, 0.6) is 0 Å². The lowest BCUT2D eigenvalue weighted by Gasteiger charge is -2.33. The van der Waals surface area contributed by atoms with E-state index in [0.717, 1.165) is 48.8 Å². The lowest BCUT2D eigenvalue weighted by atomic mass is 10.2. The summed E-state index contributed by atoms with van der Waals surface area (Å²) >= 11 is 0. The molecule has 3 aromatic rings. The Morgan fingerprint density at radius 1 is 1.14 bits per heavy atom. The minimum atomic E-state index is -0.555. The first-order chi connectivity index (χ1) is 13.5. The van der Waals surface area contributed by atoms with Crippen LogP contribution < -0.4 is 10.6 Å². The summed E-state index contributed by atoms with van der Waals surface area (Å²) < 4.78 is 1.64. The number of aromatic nitrogens is 5. The van der Waals surface area contributed by atoms with Gasteiger partial charge in [0.25, 0.3) is 5.91 Å². The number of hydrogen-bond acceptors (Lipinski definition) is 7. The number of nitrogens with zero attached hydrogens (tertiary/aromatic N) is 7. The Morgan fingerprint density at radius 2 is 1.93 bits per heavy atom. The van der Waals surface area contributed by atoms with Crippen molar-refractivity contribution in [3.63, 3.8) is 0 Å². The Morgan fingerprint density at radius 3 is 2.64 bits per heavy atom. The minimum absolute atomic E-state index is 0.227. The highest BCUT2D eigenvalue weighted by atomic mass is 16.1. The van der Waals surface area contributed by atoms with Crippen molar-refractivity contribution in [3.05, 3.63) is 48.2 Å². The summed E-state index contributed by atoms with van der Waals surface area (Å²) in [4.78, 5) is 24.5. The highest BCUT2D eigenvalue weighted by Gasteiger charge is 2.16. The third kappa shape index (κ3) is 3.56. The van der Waals surface area contributed by atoms with Gasteiger partial charge in [-0.1, -0.05) is 5.21 Å². The second kappa shape index (κ2) is 7.35. The molecule has 2 N–H and O–H groups in total. The molecule has 4 heterocycles. The smallest absolute Gasteiger partial charge is 0.267 e. The SMILES string of the molecule is Cc1nc(C(N)=O)ccc1-n1cc(-c2cncc(N3CCN(C)CC3)c2)nn1. The van der Waals surface area contributed by atoms with E-state index in [2.05, 4.69) is 43.2 Å². The van der Waals surface area contributed by atoms with E-state index in [-0.39, 0.29) is 5.69 Å². The first-order valence-corrected chi connectivity index (χ1v) is 9.10. The summed E-state index contributed by atoms with van der Waals surface area (Å²) in [6.07, 6.45) is 5.50. The fraction of sp³-hybridized carbons (Fsp3) is 0.316. The Kier molecular flexibility index (Phi) is 4.74. The molecular formula is C19H22N8O. The number of nitrogens with two attached hydrogens (primary N) is 1. The molecule has 0 radical (unpaired) electrons. The van der Waals surface area contributed by atoms with Gasteiger partial charge in [-0.05, 0) is 32.2 Å². The number of amides is 1. The lowest BCUT2D eigenvalue weighted by molar-refractivity contribution is 0.0995. The number of hydrogen-bond donors (Lipinski definition) is 1. The maximum atomic E-state index is 11.3. The van der Waals surface area contributed by atoms with E-state index in [1.807, 2.05) is 12.4 Å². The van der Waals surface area contributed by atoms with Crippen LogP contribution in [0.25, 0.3) is 16.9 Å². The molecule has 0 atom stereocenters. The van der Waals surface area contributed by atoms with Crippen LogP contribution in [0.15, 0.2) is 36.8 Å². The Bertz CT molecular complexity index is 1010. The molecule has 4 rings (SSSR count). The second-order valence-electron chi connectivity index (χ2n) is 6.94. The fourth-order valence-corrected chi connectivity index (χ4v) is 3.25. The van der Waals surface area contributed by atoms with Gasteiger partial charge in [0.2, 0.25) is 0 Å². The summed E-state index contributed by atoms with van der Waals surface area (Å²) in [5.74, 6) is -0.555. The van der Waals surface area contributed by atoms with Crippen LogP contribution >= 0.6 is 0 Å². The molecule has 144 valence electrons. The van der Waals surface area contributed by atoms with Gasteiger partial charge in [0.1, 0.15) is 11.4 Å². The highest BCUT2D eigenvalue weighted by Crippen LogP contribution is 2.23. The molecule has 1 saturated heterocycles. The first-order valence-electron chi connectivity index (χ1n) is 9.10. The Balaban J connectivity index is 1.60. The van der Waals surface area contributed by atoms with Gasteiger partial charge in [0, 0.05) is 37.9 Å². The molecule has 9 heteroatoms.